The highest BCUT2D eigenvalue weighted by Crippen LogP contribution is 2.36. The van der Waals surface area contributed by atoms with Crippen LogP contribution in [0.1, 0.15) is 33.5 Å². The number of carbonyl (C=O) groups is 1. The molecule has 58 valence electrons. The molecule has 0 unspecified atom stereocenters. The normalized spacial score (nSPS) is 17.2. The van der Waals surface area contributed by atoms with E-state index in [0.29, 0.717) is 6.42 Å². The molecule has 1 heteroatoms. The minimum Gasteiger partial charge on any atom is -0.294 e. The van der Waals surface area contributed by atoms with Crippen LogP contribution in [0.5, 0.6) is 0 Å². The maximum absolute atomic E-state index is 11.4. The van der Waals surface area contributed by atoms with Crippen molar-refractivity contribution in [1.82, 2.24) is 0 Å². The Kier molecular flexibility index (Phi) is 0.959. The fourth-order valence-corrected chi connectivity index (χ4v) is 1.84. The van der Waals surface area contributed by atoms with Crippen LogP contribution in [0.3, 0.4) is 0 Å². The third kappa shape index (κ3) is 0.658. The van der Waals surface area contributed by atoms with E-state index in [4.69, 9.17) is 0 Å². The number of fused-ring (bicyclic) bond motifs is 3. The van der Waals surface area contributed by atoms with E-state index < -0.39 is 0 Å². The predicted molar refractivity (Wildman–Crippen MR) is 47.2 cm³/mol. The zero-order valence-corrected chi connectivity index (χ0v) is 6.63. The number of rotatable bonds is 0. The van der Waals surface area contributed by atoms with E-state index in [0.717, 1.165) is 12.0 Å². The van der Waals surface area contributed by atoms with Crippen molar-refractivity contribution in [3.63, 3.8) is 0 Å². The van der Waals surface area contributed by atoms with Gasteiger partial charge >= 0.3 is 0 Å². The van der Waals surface area contributed by atoms with E-state index >= 15 is 0 Å². The second-order valence-electron chi connectivity index (χ2n) is 3.37. The van der Waals surface area contributed by atoms with Gasteiger partial charge in [0.15, 0.2) is 5.78 Å². The van der Waals surface area contributed by atoms with Gasteiger partial charge in [0, 0.05) is 12.0 Å². The van der Waals surface area contributed by atoms with Gasteiger partial charge < -0.3 is 0 Å². The number of allylic oxidation sites excluding steroid dienone is 1. The van der Waals surface area contributed by atoms with Crippen LogP contribution in [0, 0.1) is 0 Å². The van der Waals surface area contributed by atoms with Crippen molar-refractivity contribution in [3.8, 4) is 0 Å². The van der Waals surface area contributed by atoms with Crippen LogP contribution < -0.4 is 0 Å². The van der Waals surface area contributed by atoms with E-state index in [1.807, 2.05) is 12.1 Å². The molecular weight excluding hydrogens is 148 g/mol. The van der Waals surface area contributed by atoms with Crippen LogP contribution in [-0.2, 0) is 6.42 Å². The zero-order chi connectivity index (χ0) is 8.13. The fourth-order valence-electron chi connectivity index (χ4n) is 1.84. The van der Waals surface area contributed by atoms with Crippen molar-refractivity contribution < 1.29 is 4.79 Å². The van der Waals surface area contributed by atoms with Crippen molar-refractivity contribution >= 4 is 11.9 Å². The van der Waals surface area contributed by atoms with Gasteiger partial charge in [-0.15, -0.1) is 0 Å². The van der Waals surface area contributed by atoms with E-state index in [1.165, 1.54) is 16.7 Å². The van der Waals surface area contributed by atoms with Gasteiger partial charge in [-0.1, -0.05) is 24.3 Å². The van der Waals surface area contributed by atoms with Crippen LogP contribution >= 0.6 is 0 Å². The summed E-state index contributed by atoms with van der Waals surface area (Å²) in [6.07, 6.45) is 5.71. The molecule has 0 bridgehead atoms. The molecule has 1 aromatic carbocycles. The summed E-state index contributed by atoms with van der Waals surface area (Å²) in [6, 6.07) is 4.04. The Morgan fingerprint density at radius 3 is 3.08 bits per heavy atom. The Labute approximate surface area is 70.7 Å². The first kappa shape index (κ1) is 6.18. The maximum atomic E-state index is 11.4. The Morgan fingerprint density at radius 1 is 1.25 bits per heavy atom. The minimum atomic E-state index is 0.266. The van der Waals surface area contributed by atoms with Crippen molar-refractivity contribution in [3.05, 3.63) is 40.5 Å². The molecule has 0 amide bonds. The second kappa shape index (κ2) is 1.86. The Morgan fingerprint density at radius 2 is 2.17 bits per heavy atom. The van der Waals surface area contributed by atoms with Crippen molar-refractivity contribution in [2.75, 3.05) is 0 Å². The second-order valence-corrected chi connectivity index (χ2v) is 3.37. The van der Waals surface area contributed by atoms with Crippen LogP contribution in [-0.4, -0.2) is 5.78 Å². The number of Topliss-reactive ketones (excluding diaryl/α,β-unsaturated/α-hetero) is 1. The van der Waals surface area contributed by atoms with Gasteiger partial charge in [-0.25, -0.2) is 0 Å². The molecule has 0 fully saturated rings. The number of hydrogen-bond acceptors (Lipinski definition) is 1. The van der Waals surface area contributed by atoms with Crippen molar-refractivity contribution in [2.45, 2.75) is 12.8 Å². The summed E-state index contributed by atoms with van der Waals surface area (Å²) in [5.74, 6) is 0.266. The molecule has 0 heterocycles. The standard InChI is InChI=1S/C11H8O/c12-11-3-1-2-8-9(11)5-4-7-6-10(7)8/h1-2,4-5H,3,6H2. The first-order valence-electron chi connectivity index (χ1n) is 4.21. The summed E-state index contributed by atoms with van der Waals surface area (Å²) in [7, 11) is 0. The van der Waals surface area contributed by atoms with Gasteiger partial charge in [0.25, 0.3) is 0 Å². The average molecular weight is 156 g/mol. The van der Waals surface area contributed by atoms with E-state index in [-0.39, 0.29) is 5.78 Å². The minimum absolute atomic E-state index is 0.266. The van der Waals surface area contributed by atoms with Gasteiger partial charge in [0.05, 0.1) is 0 Å². The molecular formula is C11H8O. The molecule has 0 N–H and O–H groups in total. The summed E-state index contributed by atoms with van der Waals surface area (Å²) in [5.41, 5.74) is 4.91. The van der Waals surface area contributed by atoms with Crippen LogP contribution in [0.25, 0.3) is 6.08 Å². The van der Waals surface area contributed by atoms with Crippen LogP contribution in [0.15, 0.2) is 18.2 Å². The summed E-state index contributed by atoms with van der Waals surface area (Å²) < 4.78 is 0. The maximum Gasteiger partial charge on any atom is 0.167 e. The van der Waals surface area contributed by atoms with Gasteiger partial charge in [-0.2, -0.15) is 0 Å². The zero-order valence-electron chi connectivity index (χ0n) is 6.63. The smallest absolute Gasteiger partial charge is 0.167 e. The Bertz CT molecular complexity index is 413. The van der Waals surface area contributed by atoms with Crippen LogP contribution in [0.4, 0.5) is 0 Å². The SMILES string of the molecule is O=C1CC=Cc2c1ccc1c2C1. The number of hydrogen-bond donors (Lipinski definition) is 0. The van der Waals surface area contributed by atoms with E-state index in [9.17, 15) is 4.79 Å². The van der Waals surface area contributed by atoms with Gasteiger partial charge in [0.1, 0.15) is 0 Å². The molecule has 3 rings (SSSR count). The average Bonchev–Trinajstić information content (AvgIpc) is 2.83. The third-order valence-corrected chi connectivity index (χ3v) is 2.58. The number of carbonyl (C=O) groups excluding carboxylic acids is 1. The van der Waals surface area contributed by atoms with Crippen molar-refractivity contribution in [1.29, 1.82) is 0 Å². The predicted octanol–water partition coefficient (Wildman–Crippen LogP) is 2.19. The molecule has 1 aromatic rings. The monoisotopic (exact) mass is 156 g/mol. The Balaban J connectivity index is 2.33. The molecule has 12 heavy (non-hydrogen) atoms. The largest absolute Gasteiger partial charge is 0.294 e. The Hall–Kier alpha value is -1.37. The third-order valence-electron chi connectivity index (χ3n) is 2.58. The lowest BCUT2D eigenvalue weighted by atomic mass is 9.96. The fraction of sp³-hybridized carbons (Fsp3) is 0.182. The number of benzene rings is 1. The van der Waals surface area contributed by atoms with Crippen LogP contribution in [0.2, 0.25) is 0 Å². The molecule has 0 saturated carbocycles. The van der Waals surface area contributed by atoms with Gasteiger partial charge in [0.2, 0.25) is 0 Å². The highest BCUT2D eigenvalue weighted by atomic mass is 16.1. The van der Waals surface area contributed by atoms with Gasteiger partial charge in [-0.05, 0) is 23.1 Å². The van der Waals surface area contributed by atoms with E-state index in [2.05, 4.69) is 12.1 Å². The highest BCUT2D eigenvalue weighted by Gasteiger charge is 2.25. The lowest BCUT2D eigenvalue weighted by Gasteiger charge is -2.07. The molecule has 0 aliphatic heterocycles. The molecule has 1 nitrogen and oxygen atoms in total. The molecule has 2 aliphatic carbocycles. The van der Waals surface area contributed by atoms with E-state index in [1.54, 1.807) is 0 Å². The molecule has 2 aliphatic rings. The molecule has 0 spiro atoms. The topological polar surface area (TPSA) is 17.1 Å². The quantitative estimate of drug-likeness (QED) is 0.571. The summed E-state index contributed by atoms with van der Waals surface area (Å²) in [5, 5.41) is 0. The molecule has 0 aromatic heterocycles. The van der Waals surface area contributed by atoms with Crippen molar-refractivity contribution in [2.24, 2.45) is 0 Å². The summed E-state index contributed by atoms with van der Waals surface area (Å²) in [4.78, 5) is 11.4. The number of ketones is 1. The highest BCUT2D eigenvalue weighted by molar-refractivity contribution is 6.04. The summed E-state index contributed by atoms with van der Waals surface area (Å²) in [6.45, 7) is 0. The lowest BCUT2D eigenvalue weighted by Crippen LogP contribution is -2.03. The molecule has 0 saturated heterocycles. The lowest BCUT2D eigenvalue weighted by molar-refractivity contribution is 0.0994. The molecule has 0 radical (unpaired) electrons. The summed E-state index contributed by atoms with van der Waals surface area (Å²) >= 11 is 0. The first-order chi connectivity index (χ1) is 5.86. The van der Waals surface area contributed by atoms with Gasteiger partial charge in [-0.3, -0.25) is 4.79 Å². The first-order valence-corrected chi connectivity index (χ1v) is 4.21. The molecule has 0 atom stereocenters.